The van der Waals surface area contributed by atoms with Gasteiger partial charge in [-0.2, -0.15) is 4.98 Å². The minimum atomic E-state index is -0.240. The molecule has 5 nitrogen and oxygen atoms in total. The molecule has 0 radical (unpaired) electrons. The summed E-state index contributed by atoms with van der Waals surface area (Å²) in [6.45, 7) is 0. The van der Waals surface area contributed by atoms with E-state index in [0.717, 1.165) is 6.42 Å². The Morgan fingerprint density at radius 2 is 2.10 bits per heavy atom. The van der Waals surface area contributed by atoms with Crippen molar-refractivity contribution in [1.29, 1.82) is 0 Å². The highest BCUT2D eigenvalue weighted by atomic mass is 32.2. The van der Waals surface area contributed by atoms with E-state index in [4.69, 9.17) is 15.2 Å². The van der Waals surface area contributed by atoms with Crippen molar-refractivity contribution in [2.75, 3.05) is 14.2 Å². The molecule has 0 spiro atoms. The van der Waals surface area contributed by atoms with Gasteiger partial charge in [-0.15, -0.1) is 11.8 Å². The van der Waals surface area contributed by atoms with Crippen LogP contribution in [0.4, 0.5) is 0 Å². The van der Waals surface area contributed by atoms with Crippen LogP contribution in [-0.4, -0.2) is 29.4 Å². The summed E-state index contributed by atoms with van der Waals surface area (Å²) < 4.78 is 10.4. The Hall–Kier alpha value is -1.79. The van der Waals surface area contributed by atoms with Gasteiger partial charge in [0.25, 0.3) is 0 Å². The predicted molar refractivity (Wildman–Crippen MR) is 81.9 cm³/mol. The number of rotatable bonds is 4. The number of fused-ring (bicyclic) bond motifs is 1. The number of hydrogen-bond donors (Lipinski definition) is 1. The molecular weight excluding hydrogens is 286 g/mol. The molecule has 2 heterocycles. The fourth-order valence-electron chi connectivity index (χ4n) is 2.43. The molecule has 110 valence electrons. The Morgan fingerprint density at radius 3 is 2.81 bits per heavy atom. The zero-order chi connectivity index (χ0) is 14.8. The largest absolute Gasteiger partial charge is 0.480 e. The lowest BCUT2D eigenvalue weighted by Crippen LogP contribution is -2.25. The van der Waals surface area contributed by atoms with E-state index >= 15 is 0 Å². The highest BCUT2D eigenvalue weighted by molar-refractivity contribution is 8.00. The van der Waals surface area contributed by atoms with Crippen LogP contribution < -0.4 is 15.2 Å². The Morgan fingerprint density at radius 1 is 1.29 bits per heavy atom. The molecular formula is C15H17N3O2S. The molecule has 1 aliphatic heterocycles. The van der Waals surface area contributed by atoms with Crippen LogP contribution in [0.15, 0.2) is 35.4 Å². The number of hydrogen-bond acceptors (Lipinski definition) is 6. The predicted octanol–water partition coefficient (Wildman–Crippen LogP) is 2.21. The molecule has 2 aromatic rings. The van der Waals surface area contributed by atoms with Gasteiger partial charge in [0, 0.05) is 10.1 Å². The summed E-state index contributed by atoms with van der Waals surface area (Å²) >= 11 is 1.79. The average molecular weight is 303 g/mol. The lowest BCUT2D eigenvalue weighted by molar-refractivity contribution is 0.353. The first kappa shape index (κ1) is 14.2. The lowest BCUT2D eigenvalue weighted by atomic mass is 10.0. The topological polar surface area (TPSA) is 70.3 Å². The molecule has 0 bridgehead atoms. The van der Waals surface area contributed by atoms with Gasteiger partial charge in [-0.1, -0.05) is 18.2 Å². The maximum absolute atomic E-state index is 6.40. The van der Waals surface area contributed by atoms with Gasteiger partial charge in [0.15, 0.2) is 0 Å². The van der Waals surface area contributed by atoms with Crippen molar-refractivity contribution < 1.29 is 9.47 Å². The van der Waals surface area contributed by atoms with Gasteiger partial charge in [-0.25, -0.2) is 4.98 Å². The van der Waals surface area contributed by atoms with Gasteiger partial charge in [-0.3, -0.25) is 0 Å². The monoisotopic (exact) mass is 303 g/mol. The van der Waals surface area contributed by atoms with Crippen LogP contribution in [0.1, 0.15) is 17.3 Å². The maximum Gasteiger partial charge on any atom is 0.240 e. The fourth-order valence-corrected chi connectivity index (χ4v) is 3.75. The molecule has 0 aliphatic carbocycles. The third kappa shape index (κ3) is 2.69. The van der Waals surface area contributed by atoms with Gasteiger partial charge < -0.3 is 15.2 Å². The first-order valence-corrected chi connectivity index (χ1v) is 7.56. The van der Waals surface area contributed by atoms with E-state index in [1.54, 1.807) is 32.2 Å². The van der Waals surface area contributed by atoms with Crippen LogP contribution in [0.3, 0.4) is 0 Å². The van der Waals surface area contributed by atoms with Crippen molar-refractivity contribution in [3.05, 3.63) is 41.7 Å². The summed E-state index contributed by atoms with van der Waals surface area (Å²) in [5, 5.41) is 0.235. The number of ether oxygens (including phenoxy) is 2. The van der Waals surface area contributed by atoms with Crippen molar-refractivity contribution in [3.8, 4) is 11.8 Å². The van der Waals surface area contributed by atoms with Gasteiger partial charge in [0.1, 0.15) is 5.69 Å². The molecule has 1 aromatic heterocycles. The van der Waals surface area contributed by atoms with Crippen LogP contribution in [0, 0.1) is 0 Å². The van der Waals surface area contributed by atoms with Crippen LogP contribution in [-0.2, 0) is 6.42 Å². The molecule has 1 aromatic carbocycles. The molecule has 0 saturated heterocycles. The third-order valence-corrected chi connectivity index (χ3v) is 4.95. The summed E-state index contributed by atoms with van der Waals surface area (Å²) in [5.41, 5.74) is 8.41. The van der Waals surface area contributed by atoms with Crippen molar-refractivity contribution >= 4 is 11.8 Å². The van der Waals surface area contributed by atoms with Crippen molar-refractivity contribution in [1.82, 2.24) is 9.97 Å². The van der Waals surface area contributed by atoms with Gasteiger partial charge in [0.05, 0.1) is 26.5 Å². The number of nitrogens with two attached hydrogens (primary N) is 1. The van der Waals surface area contributed by atoms with E-state index < -0.39 is 0 Å². The lowest BCUT2D eigenvalue weighted by Gasteiger charge is -2.19. The molecule has 21 heavy (non-hydrogen) atoms. The van der Waals surface area contributed by atoms with E-state index in [9.17, 15) is 0 Å². The summed E-state index contributed by atoms with van der Waals surface area (Å²) in [4.78, 5) is 9.92. The van der Waals surface area contributed by atoms with E-state index in [0.29, 0.717) is 17.5 Å². The second-order valence-electron chi connectivity index (χ2n) is 4.80. The number of nitrogens with zero attached hydrogens (tertiary/aromatic N) is 2. The molecule has 6 heteroatoms. The Balaban J connectivity index is 1.85. The van der Waals surface area contributed by atoms with Crippen LogP contribution >= 0.6 is 11.8 Å². The zero-order valence-corrected chi connectivity index (χ0v) is 12.8. The van der Waals surface area contributed by atoms with Crippen LogP contribution in [0.25, 0.3) is 0 Å². The van der Waals surface area contributed by atoms with Crippen LogP contribution in [0.5, 0.6) is 11.8 Å². The van der Waals surface area contributed by atoms with Crippen molar-refractivity contribution in [2.24, 2.45) is 5.73 Å². The number of methoxy groups -OCH3 is 2. The first-order valence-electron chi connectivity index (χ1n) is 6.68. The smallest absolute Gasteiger partial charge is 0.240 e. The zero-order valence-electron chi connectivity index (χ0n) is 11.9. The molecule has 0 fully saturated rings. The maximum atomic E-state index is 6.40. The minimum Gasteiger partial charge on any atom is -0.480 e. The molecule has 1 aliphatic rings. The molecule has 2 atom stereocenters. The second kappa shape index (κ2) is 5.91. The standard InChI is InChI=1S/C15H17N3O2S/c1-19-12-8-17-14(15(18-12)20-2)13(16)11-7-9-5-3-4-6-10(9)21-11/h3-6,8,11,13H,7,16H2,1-2H3. The van der Waals surface area contributed by atoms with Gasteiger partial charge >= 0.3 is 0 Å². The van der Waals surface area contributed by atoms with Crippen molar-refractivity contribution in [2.45, 2.75) is 22.6 Å². The summed E-state index contributed by atoms with van der Waals surface area (Å²) in [5.74, 6) is 0.851. The summed E-state index contributed by atoms with van der Waals surface area (Å²) in [6, 6.07) is 8.14. The van der Waals surface area contributed by atoms with Crippen LogP contribution in [0.2, 0.25) is 0 Å². The minimum absolute atomic E-state index is 0.235. The Bertz CT molecular complexity index is 626. The van der Waals surface area contributed by atoms with E-state index in [2.05, 4.69) is 28.2 Å². The second-order valence-corrected chi connectivity index (χ2v) is 6.08. The Labute approximate surface area is 127 Å². The molecule has 3 rings (SSSR count). The normalized spacial score (nSPS) is 18.1. The summed E-state index contributed by atoms with van der Waals surface area (Å²) in [7, 11) is 3.11. The van der Waals surface area contributed by atoms with E-state index in [1.807, 2.05) is 6.07 Å². The molecule has 2 N–H and O–H groups in total. The van der Waals surface area contributed by atoms with Gasteiger partial charge in [0.2, 0.25) is 11.8 Å². The quantitative estimate of drug-likeness (QED) is 0.934. The third-order valence-electron chi connectivity index (χ3n) is 3.54. The SMILES string of the molecule is COc1cnc(C(N)C2Cc3ccccc3S2)c(OC)n1. The van der Waals surface area contributed by atoms with E-state index in [1.165, 1.54) is 10.5 Å². The molecule has 2 unspecified atom stereocenters. The molecule has 0 saturated carbocycles. The first-order chi connectivity index (χ1) is 10.2. The highest BCUT2D eigenvalue weighted by Gasteiger charge is 2.31. The summed E-state index contributed by atoms with van der Waals surface area (Å²) in [6.07, 6.45) is 2.50. The fraction of sp³-hybridized carbons (Fsp3) is 0.333. The van der Waals surface area contributed by atoms with E-state index in [-0.39, 0.29) is 11.3 Å². The van der Waals surface area contributed by atoms with Crippen molar-refractivity contribution in [3.63, 3.8) is 0 Å². The average Bonchev–Trinajstić information content (AvgIpc) is 2.97. The molecule has 0 amide bonds. The Kier molecular flexibility index (Phi) is 3.98. The number of benzene rings is 1. The van der Waals surface area contributed by atoms with Gasteiger partial charge in [-0.05, 0) is 18.1 Å². The number of thioether (sulfide) groups is 1. The highest BCUT2D eigenvalue weighted by Crippen LogP contribution is 2.42. The number of aromatic nitrogens is 2.